The average Bonchev–Trinajstić information content (AvgIpc) is 2.65. The third-order valence-electron chi connectivity index (χ3n) is 3.51. The van der Waals surface area contributed by atoms with Crippen molar-refractivity contribution < 1.29 is 9.47 Å². The Bertz CT molecular complexity index is 689. The number of pyridine rings is 1. The fraction of sp³-hybridized carbons (Fsp3) is 0.368. The summed E-state index contributed by atoms with van der Waals surface area (Å²) >= 11 is 0. The lowest BCUT2D eigenvalue weighted by atomic mass is 10.2. The van der Waals surface area contributed by atoms with Gasteiger partial charge in [0, 0.05) is 30.4 Å². The van der Waals surface area contributed by atoms with Crippen LogP contribution in [0.3, 0.4) is 0 Å². The van der Waals surface area contributed by atoms with Crippen molar-refractivity contribution in [3.63, 3.8) is 0 Å². The first-order valence-corrected chi connectivity index (χ1v) is 8.49. The standard InChI is InChI=1S/C19H26N4O2/c1-4-20-19(23-14-16-10-8-12-21-18(16)24-3)22-13-15-9-6-7-11-17(15)25-5-2/h6-12H,4-5,13-14H2,1-3H3,(H2,20,22,23). The molecule has 0 bridgehead atoms. The van der Waals surface area contributed by atoms with Crippen molar-refractivity contribution in [3.05, 3.63) is 53.7 Å². The minimum absolute atomic E-state index is 0.486. The highest BCUT2D eigenvalue weighted by molar-refractivity contribution is 5.79. The Morgan fingerprint density at radius 1 is 1.08 bits per heavy atom. The smallest absolute Gasteiger partial charge is 0.218 e. The van der Waals surface area contributed by atoms with Gasteiger partial charge < -0.3 is 20.1 Å². The average molecular weight is 342 g/mol. The van der Waals surface area contributed by atoms with E-state index in [1.165, 1.54) is 0 Å². The molecule has 1 aromatic carbocycles. The monoisotopic (exact) mass is 342 g/mol. The second kappa shape index (κ2) is 10.2. The predicted molar refractivity (Wildman–Crippen MR) is 100 cm³/mol. The lowest BCUT2D eigenvalue weighted by molar-refractivity contribution is 0.336. The summed E-state index contributed by atoms with van der Waals surface area (Å²) in [6, 6.07) is 11.8. The van der Waals surface area contributed by atoms with Crippen molar-refractivity contribution in [1.29, 1.82) is 0 Å². The first-order valence-electron chi connectivity index (χ1n) is 8.49. The molecule has 0 atom stereocenters. The predicted octanol–water partition coefficient (Wildman–Crippen LogP) is 2.74. The maximum absolute atomic E-state index is 5.66. The van der Waals surface area contributed by atoms with Gasteiger partial charge in [-0.15, -0.1) is 0 Å². The van der Waals surface area contributed by atoms with E-state index in [4.69, 9.17) is 9.47 Å². The fourth-order valence-electron chi connectivity index (χ4n) is 2.36. The number of aliphatic imine (C=N–C) groups is 1. The van der Waals surface area contributed by atoms with Gasteiger partial charge in [0.1, 0.15) is 5.75 Å². The van der Waals surface area contributed by atoms with Crippen LogP contribution in [0.5, 0.6) is 11.6 Å². The zero-order valence-electron chi connectivity index (χ0n) is 15.1. The Morgan fingerprint density at radius 2 is 1.88 bits per heavy atom. The van der Waals surface area contributed by atoms with Gasteiger partial charge in [-0.05, 0) is 26.0 Å². The molecule has 25 heavy (non-hydrogen) atoms. The normalized spacial score (nSPS) is 11.1. The molecule has 0 aliphatic heterocycles. The SMILES string of the molecule is CCNC(=NCc1cccnc1OC)NCc1ccccc1OCC. The number of hydrogen-bond acceptors (Lipinski definition) is 4. The van der Waals surface area contributed by atoms with E-state index in [9.17, 15) is 0 Å². The molecule has 2 rings (SSSR count). The van der Waals surface area contributed by atoms with Crippen molar-refractivity contribution in [1.82, 2.24) is 15.6 Å². The summed E-state index contributed by atoms with van der Waals surface area (Å²) in [5.41, 5.74) is 2.03. The Morgan fingerprint density at radius 3 is 2.64 bits per heavy atom. The highest BCUT2D eigenvalue weighted by atomic mass is 16.5. The van der Waals surface area contributed by atoms with Gasteiger partial charge in [0.2, 0.25) is 5.88 Å². The Kier molecular flexibility index (Phi) is 7.56. The number of nitrogens with zero attached hydrogens (tertiary/aromatic N) is 2. The summed E-state index contributed by atoms with van der Waals surface area (Å²) in [5.74, 6) is 2.23. The van der Waals surface area contributed by atoms with Crippen molar-refractivity contribution in [2.75, 3.05) is 20.3 Å². The summed E-state index contributed by atoms with van der Waals surface area (Å²) in [6.45, 7) is 6.56. The zero-order valence-corrected chi connectivity index (χ0v) is 15.1. The van der Waals surface area contributed by atoms with Crippen LogP contribution in [0.15, 0.2) is 47.6 Å². The van der Waals surface area contributed by atoms with Gasteiger partial charge in [0.25, 0.3) is 0 Å². The van der Waals surface area contributed by atoms with Crippen LogP contribution in [0.4, 0.5) is 0 Å². The molecule has 2 N–H and O–H groups in total. The minimum atomic E-state index is 0.486. The largest absolute Gasteiger partial charge is 0.494 e. The molecule has 0 fully saturated rings. The number of para-hydroxylation sites is 1. The second-order valence-corrected chi connectivity index (χ2v) is 5.26. The molecule has 0 unspecified atom stereocenters. The van der Waals surface area contributed by atoms with E-state index in [-0.39, 0.29) is 0 Å². The lowest BCUT2D eigenvalue weighted by Gasteiger charge is -2.14. The van der Waals surface area contributed by atoms with Crippen molar-refractivity contribution in [2.45, 2.75) is 26.9 Å². The molecule has 0 aliphatic carbocycles. The van der Waals surface area contributed by atoms with Crippen LogP contribution in [0, 0.1) is 0 Å². The van der Waals surface area contributed by atoms with E-state index in [1.807, 2.05) is 50.2 Å². The van der Waals surface area contributed by atoms with Gasteiger partial charge >= 0.3 is 0 Å². The fourth-order valence-corrected chi connectivity index (χ4v) is 2.36. The van der Waals surface area contributed by atoms with Crippen LogP contribution in [-0.4, -0.2) is 31.2 Å². The summed E-state index contributed by atoms with van der Waals surface area (Å²) in [6.07, 6.45) is 1.71. The van der Waals surface area contributed by atoms with Crippen LogP contribution in [0.1, 0.15) is 25.0 Å². The van der Waals surface area contributed by atoms with Crippen molar-refractivity contribution >= 4 is 5.96 Å². The van der Waals surface area contributed by atoms with E-state index >= 15 is 0 Å². The van der Waals surface area contributed by atoms with Crippen LogP contribution >= 0.6 is 0 Å². The summed E-state index contributed by atoms with van der Waals surface area (Å²) in [4.78, 5) is 8.81. The summed E-state index contributed by atoms with van der Waals surface area (Å²) < 4.78 is 10.9. The van der Waals surface area contributed by atoms with Gasteiger partial charge in [0.15, 0.2) is 5.96 Å². The Balaban J connectivity index is 2.05. The number of aromatic nitrogens is 1. The third-order valence-corrected chi connectivity index (χ3v) is 3.51. The molecule has 0 saturated carbocycles. The molecule has 6 heteroatoms. The van der Waals surface area contributed by atoms with E-state index in [1.54, 1.807) is 13.3 Å². The maximum Gasteiger partial charge on any atom is 0.218 e. The molecule has 0 aliphatic rings. The van der Waals surface area contributed by atoms with Crippen LogP contribution < -0.4 is 20.1 Å². The van der Waals surface area contributed by atoms with Crippen LogP contribution in [0.25, 0.3) is 0 Å². The van der Waals surface area contributed by atoms with Crippen molar-refractivity contribution in [2.24, 2.45) is 4.99 Å². The molecule has 0 amide bonds. The second-order valence-electron chi connectivity index (χ2n) is 5.26. The molecular formula is C19H26N4O2. The zero-order chi connectivity index (χ0) is 17.9. The topological polar surface area (TPSA) is 67.8 Å². The first-order chi connectivity index (χ1) is 12.3. The van der Waals surface area contributed by atoms with E-state index in [0.29, 0.717) is 25.6 Å². The van der Waals surface area contributed by atoms with Gasteiger partial charge in [0.05, 0.1) is 20.3 Å². The van der Waals surface area contributed by atoms with E-state index < -0.39 is 0 Å². The molecule has 134 valence electrons. The molecule has 0 spiro atoms. The summed E-state index contributed by atoms with van der Waals surface area (Å²) in [5, 5.41) is 6.59. The minimum Gasteiger partial charge on any atom is -0.494 e. The Labute approximate surface area is 149 Å². The molecular weight excluding hydrogens is 316 g/mol. The first kappa shape index (κ1) is 18.6. The van der Waals surface area contributed by atoms with Gasteiger partial charge in [-0.1, -0.05) is 24.3 Å². The molecule has 2 aromatic rings. The number of guanidine groups is 1. The quantitative estimate of drug-likeness (QED) is 0.570. The maximum atomic E-state index is 5.66. The number of ether oxygens (including phenoxy) is 2. The van der Waals surface area contributed by atoms with Crippen LogP contribution in [0.2, 0.25) is 0 Å². The number of rotatable bonds is 8. The molecule has 6 nitrogen and oxygen atoms in total. The lowest BCUT2D eigenvalue weighted by Crippen LogP contribution is -2.36. The summed E-state index contributed by atoms with van der Waals surface area (Å²) in [7, 11) is 1.61. The molecule has 1 heterocycles. The Hall–Kier alpha value is -2.76. The van der Waals surface area contributed by atoms with Crippen molar-refractivity contribution in [3.8, 4) is 11.6 Å². The molecule has 0 saturated heterocycles. The highest BCUT2D eigenvalue weighted by Gasteiger charge is 2.06. The van der Waals surface area contributed by atoms with E-state index in [0.717, 1.165) is 29.4 Å². The van der Waals surface area contributed by atoms with Gasteiger partial charge in [-0.2, -0.15) is 0 Å². The highest BCUT2D eigenvalue weighted by Crippen LogP contribution is 2.17. The van der Waals surface area contributed by atoms with Crippen LogP contribution in [-0.2, 0) is 13.1 Å². The number of hydrogen-bond donors (Lipinski definition) is 2. The van der Waals surface area contributed by atoms with Gasteiger partial charge in [-0.25, -0.2) is 9.98 Å². The third kappa shape index (κ3) is 5.67. The molecule has 0 radical (unpaired) electrons. The van der Waals surface area contributed by atoms with Gasteiger partial charge in [-0.3, -0.25) is 0 Å². The number of nitrogens with one attached hydrogen (secondary N) is 2. The number of methoxy groups -OCH3 is 1. The molecule has 1 aromatic heterocycles. The van der Waals surface area contributed by atoms with E-state index in [2.05, 4.69) is 20.6 Å². The number of benzene rings is 1.